The molecular formula is C26H38N6O3. The second kappa shape index (κ2) is 16.8. The van der Waals surface area contributed by atoms with Gasteiger partial charge in [-0.1, -0.05) is 24.6 Å². The van der Waals surface area contributed by atoms with Gasteiger partial charge in [0, 0.05) is 44.7 Å². The van der Waals surface area contributed by atoms with Crippen LogP contribution in [0.4, 0.5) is 0 Å². The van der Waals surface area contributed by atoms with Gasteiger partial charge in [0.05, 0.1) is 13.7 Å². The summed E-state index contributed by atoms with van der Waals surface area (Å²) in [5.74, 6) is 1.31. The molecule has 0 aromatic heterocycles. The van der Waals surface area contributed by atoms with E-state index in [2.05, 4.69) is 17.8 Å². The first-order valence-corrected chi connectivity index (χ1v) is 12.0. The van der Waals surface area contributed by atoms with Gasteiger partial charge in [-0.15, -0.1) is 17.8 Å². The predicted molar refractivity (Wildman–Crippen MR) is 137 cm³/mol. The number of rotatable bonds is 6. The summed E-state index contributed by atoms with van der Waals surface area (Å²) >= 11 is 0. The lowest BCUT2D eigenvalue weighted by Crippen LogP contribution is -2.41. The van der Waals surface area contributed by atoms with E-state index in [0.717, 1.165) is 63.1 Å². The first-order valence-electron chi connectivity index (χ1n) is 12.0. The third kappa shape index (κ3) is 9.97. The second-order valence-corrected chi connectivity index (χ2v) is 8.11. The number of guanidine groups is 1. The number of carbonyl (C=O) groups excluding carboxylic acids is 2. The fraction of sp³-hybridized carbons (Fsp3) is 0.538. The quantitative estimate of drug-likeness (QED) is 0.288. The molecule has 1 aromatic rings. The van der Waals surface area contributed by atoms with Crippen molar-refractivity contribution in [1.82, 2.24) is 14.7 Å². The molecule has 0 unspecified atom stereocenters. The van der Waals surface area contributed by atoms with E-state index in [-0.39, 0.29) is 17.8 Å². The maximum absolute atomic E-state index is 11.9. The van der Waals surface area contributed by atoms with Gasteiger partial charge in [0.2, 0.25) is 24.0 Å². The molecule has 2 amide bonds. The molecule has 35 heavy (non-hydrogen) atoms. The van der Waals surface area contributed by atoms with Crippen LogP contribution < -0.4 is 10.5 Å². The molecule has 2 N–H and O–H groups in total. The van der Waals surface area contributed by atoms with Crippen molar-refractivity contribution in [2.75, 3.05) is 39.8 Å². The van der Waals surface area contributed by atoms with E-state index in [9.17, 15) is 9.59 Å². The van der Waals surface area contributed by atoms with Gasteiger partial charge in [-0.3, -0.25) is 9.59 Å². The summed E-state index contributed by atoms with van der Waals surface area (Å²) in [4.78, 5) is 32.6. The van der Waals surface area contributed by atoms with E-state index >= 15 is 0 Å². The van der Waals surface area contributed by atoms with Crippen LogP contribution in [0, 0.1) is 24.3 Å². The monoisotopic (exact) mass is 482 g/mol. The molecule has 0 saturated carbocycles. The lowest BCUT2D eigenvalue weighted by molar-refractivity contribution is -0.139. The summed E-state index contributed by atoms with van der Waals surface area (Å²) < 4.78 is 5.26. The molecule has 9 nitrogen and oxygen atoms in total. The highest BCUT2D eigenvalue weighted by Gasteiger charge is 2.23. The lowest BCUT2D eigenvalue weighted by atomic mass is 10.2. The van der Waals surface area contributed by atoms with Crippen LogP contribution in [0.3, 0.4) is 0 Å². The highest BCUT2D eigenvalue weighted by molar-refractivity contribution is 5.85. The molecule has 2 heterocycles. The number of likely N-dealkylation sites (tertiary alicyclic amines) is 2. The number of carbonyl (C=O) groups is 2. The van der Waals surface area contributed by atoms with E-state index < -0.39 is 0 Å². The minimum absolute atomic E-state index is 0.132. The molecule has 2 aliphatic rings. The van der Waals surface area contributed by atoms with Crippen LogP contribution in [0.25, 0.3) is 0 Å². The number of nitrogens with zero attached hydrogens (tertiary/aromatic N) is 5. The topological polar surface area (TPSA) is 115 Å². The van der Waals surface area contributed by atoms with Crippen molar-refractivity contribution in [3.63, 3.8) is 0 Å². The predicted octanol–water partition coefficient (Wildman–Crippen LogP) is 2.57. The zero-order valence-electron chi connectivity index (χ0n) is 21.0. The Kier molecular flexibility index (Phi) is 14.1. The molecule has 0 spiro atoms. The average Bonchev–Trinajstić information content (AvgIpc) is 3.36. The van der Waals surface area contributed by atoms with Crippen LogP contribution >= 0.6 is 0 Å². The van der Waals surface area contributed by atoms with E-state index in [0.29, 0.717) is 26.1 Å². The fourth-order valence-electron chi connectivity index (χ4n) is 3.95. The van der Waals surface area contributed by atoms with Gasteiger partial charge in [-0.2, -0.15) is 5.26 Å². The number of nitrogens with two attached hydrogens (primary N) is 1. The molecule has 0 bridgehead atoms. The Labute approximate surface area is 209 Å². The van der Waals surface area contributed by atoms with E-state index in [1.807, 2.05) is 36.1 Å². The average molecular weight is 483 g/mol. The van der Waals surface area contributed by atoms with E-state index in [1.165, 1.54) is 0 Å². The third-order valence-electron chi connectivity index (χ3n) is 5.88. The molecule has 9 heteroatoms. The first-order chi connectivity index (χ1) is 17.0. The molecule has 2 aliphatic heterocycles. The number of benzene rings is 1. The van der Waals surface area contributed by atoms with Gasteiger partial charge in [0.15, 0.2) is 0 Å². The SMILES string of the molecule is C#C.CCN(Cc1ccccc1OC)C(N)=NC#N.O=C(CN1CCCCCC1=O)N1CCCC1. The summed E-state index contributed by atoms with van der Waals surface area (Å²) in [6.07, 6.45) is 15.7. The Morgan fingerprint density at radius 3 is 2.46 bits per heavy atom. The molecular weight excluding hydrogens is 444 g/mol. The third-order valence-corrected chi connectivity index (χ3v) is 5.88. The minimum Gasteiger partial charge on any atom is -0.496 e. The maximum Gasteiger partial charge on any atom is 0.242 e. The fourth-order valence-corrected chi connectivity index (χ4v) is 3.95. The molecule has 0 atom stereocenters. The number of hydrogen-bond acceptors (Lipinski definition) is 5. The molecule has 190 valence electrons. The van der Waals surface area contributed by atoms with Crippen molar-refractivity contribution >= 4 is 17.8 Å². The summed E-state index contributed by atoms with van der Waals surface area (Å²) in [5.41, 5.74) is 6.70. The summed E-state index contributed by atoms with van der Waals surface area (Å²) in [6, 6.07) is 7.69. The molecule has 2 fully saturated rings. The Bertz CT molecular complexity index is 887. The van der Waals surface area contributed by atoms with Gasteiger partial charge >= 0.3 is 0 Å². The van der Waals surface area contributed by atoms with Crippen molar-refractivity contribution in [2.45, 2.75) is 52.0 Å². The number of para-hydroxylation sites is 1. The van der Waals surface area contributed by atoms with Crippen molar-refractivity contribution < 1.29 is 14.3 Å². The van der Waals surface area contributed by atoms with Gasteiger partial charge in [-0.25, -0.2) is 0 Å². The van der Waals surface area contributed by atoms with Gasteiger partial charge in [0.25, 0.3) is 0 Å². The Balaban J connectivity index is 0.000000327. The van der Waals surface area contributed by atoms with Crippen LogP contribution in [-0.2, 0) is 16.1 Å². The molecule has 0 aliphatic carbocycles. The summed E-state index contributed by atoms with van der Waals surface area (Å²) in [7, 11) is 1.63. The van der Waals surface area contributed by atoms with Crippen molar-refractivity contribution in [1.29, 1.82) is 5.26 Å². The number of hydrogen-bond donors (Lipinski definition) is 1. The Morgan fingerprint density at radius 1 is 1.17 bits per heavy atom. The Hall–Kier alpha value is -3.72. The molecule has 3 rings (SSSR count). The highest BCUT2D eigenvalue weighted by Crippen LogP contribution is 2.19. The zero-order chi connectivity index (χ0) is 26.1. The van der Waals surface area contributed by atoms with Crippen LogP contribution in [0.2, 0.25) is 0 Å². The zero-order valence-corrected chi connectivity index (χ0v) is 21.0. The number of ether oxygens (including phenoxy) is 1. The van der Waals surface area contributed by atoms with Gasteiger partial charge in [-0.05, 0) is 38.7 Å². The smallest absolute Gasteiger partial charge is 0.242 e. The standard InChI is InChI=1S/C12H16N4O.C12H20N2O2.C2H2/c1-3-16(12(14)15-9-13)8-10-6-4-5-7-11(10)17-2;15-11-6-2-1-3-9-14(11)10-12(16)13-7-4-5-8-13;1-2/h4-7H,3,8H2,1-2H3,(H2,14,15);1-10H2;1-2H. The minimum atomic E-state index is 0.132. The highest BCUT2D eigenvalue weighted by atomic mass is 16.5. The Morgan fingerprint density at radius 2 is 1.83 bits per heavy atom. The van der Waals surface area contributed by atoms with Crippen molar-refractivity contribution in [3.8, 4) is 24.8 Å². The number of methoxy groups -OCH3 is 1. The van der Waals surface area contributed by atoms with Gasteiger partial charge in [0.1, 0.15) is 5.75 Å². The first kappa shape index (κ1) is 29.3. The molecule has 1 aromatic carbocycles. The largest absolute Gasteiger partial charge is 0.496 e. The molecule has 2 saturated heterocycles. The summed E-state index contributed by atoms with van der Waals surface area (Å²) in [5, 5.41) is 8.48. The number of terminal acetylenes is 1. The van der Waals surface area contributed by atoms with Gasteiger partial charge < -0.3 is 25.2 Å². The molecule has 0 radical (unpaired) electrons. The number of amides is 2. The van der Waals surface area contributed by atoms with Crippen LogP contribution in [0.15, 0.2) is 29.3 Å². The van der Waals surface area contributed by atoms with Crippen LogP contribution in [0.1, 0.15) is 51.0 Å². The van der Waals surface area contributed by atoms with Crippen molar-refractivity contribution in [3.05, 3.63) is 29.8 Å². The maximum atomic E-state index is 11.9. The van der Waals surface area contributed by atoms with E-state index in [1.54, 1.807) is 23.1 Å². The van der Waals surface area contributed by atoms with E-state index in [4.69, 9.17) is 15.7 Å². The summed E-state index contributed by atoms with van der Waals surface area (Å²) in [6.45, 7) is 6.01. The normalized spacial score (nSPS) is 15.5. The van der Waals surface area contributed by atoms with Crippen LogP contribution in [-0.4, -0.2) is 72.3 Å². The van der Waals surface area contributed by atoms with Crippen molar-refractivity contribution in [2.24, 2.45) is 10.7 Å². The second-order valence-electron chi connectivity index (χ2n) is 8.11. The number of nitriles is 1. The van der Waals surface area contributed by atoms with Crippen LogP contribution in [0.5, 0.6) is 5.75 Å². The lowest BCUT2D eigenvalue weighted by Gasteiger charge is -2.23. The number of aliphatic imine (C=N–C) groups is 1.